The molecule has 0 spiro atoms. The largest absolute Gasteiger partial charge is 0.327 e. The first-order chi connectivity index (χ1) is 13.9. The van der Waals surface area contributed by atoms with Gasteiger partial charge in [0, 0.05) is 11.6 Å². The molecule has 29 heavy (non-hydrogen) atoms. The minimum Gasteiger partial charge on any atom is -0.327 e. The summed E-state index contributed by atoms with van der Waals surface area (Å²) in [5.41, 5.74) is 6.84. The predicted molar refractivity (Wildman–Crippen MR) is 118 cm³/mol. The van der Waals surface area contributed by atoms with Gasteiger partial charge in [-0.3, -0.25) is 5.10 Å². The smallest absolute Gasteiger partial charge is 0.210 e. The fourth-order valence-electron chi connectivity index (χ4n) is 3.67. The molecule has 0 radical (unpaired) electrons. The van der Waals surface area contributed by atoms with E-state index in [1.807, 2.05) is 0 Å². The highest BCUT2D eigenvalue weighted by molar-refractivity contribution is 7.18. The Kier molecular flexibility index (Phi) is 4.17. The summed E-state index contributed by atoms with van der Waals surface area (Å²) in [5.74, 6) is 0.722. The van der Waals surface area contributed by atoms with Crippen LogP contribution in [0, 0.1) is 6.92 Å². The van der Waals surface area contributed by atoms with E-state index < -0.39 is 0 Å². The highest BCUT2D eigenvalue weighted by Gasteiger charge is 2.28. The van der Waals surface area contributed by atoms with E-state index in [9.17, 15) is 0 Å². The summed E-state index contributed by atoms with van der Waals surface area (Å²) in [6, 6.07) is 6.86. The highest BCUT2D eigenvalue weighted by Crippen LogP contribution is 2.44. The maximum Gasteiger partial charge on any atom is 0.210 e. The van der Waals surface area contributed by atoms with Gasteiger partial charge < -0.3 is 5.32 Å². The molecule has 1 saturated carbocycles. The molecule has 4 aromatic rings. The van der Waals surface area contributed by atoms with Gasteiger partial charge in [-0.1, -0.05) is 38.2 Å². The first-order valence-corrected chi connectivity index (χ1v) is 10.8. The zero-order valence-electron chi connectivity index (χ0n) is 17.1. The van der Waals surface area contributed by atoms with Crippen LogP contribution in [0.1, 0.15) is 56.2 Å². The number of rotatable bonds is 4. The molecule has 2 N–H and O–H groups in total. The first kappa shape index (κ1) is 18.2. The molecule has 7 heteroatoms. The van der Waals surface area contributed by atoms with Gasteiger partial charge in [0.15, 0.2) is 5.01 Å². The fraction of sp³-hybridized carbons (Fsp3) is 0.364. The lowest BCUT2D eigenvalue weighted by Crippen LogP contribution is -2.13. The van der Waals surface area contributed by atoms with Gasteiger partial charge in [0.2, 0.25) is 5.13 Å². The van der Waals surface area contributed by atoms with Crippen molar-refractivity contribution < 1.29 is 0 Å². The molecule has 1 fully saturated rings. The topological polar surface area (TPSA) is 79.4 Å². The summed E-state index contributed by atoms with van der Waals surface area (Å²) < 4.78 is 0. The quantitative estimate of drug-likeness (QED) is 0.456. The molecule has 1 aliphatic rings. The van der Waals surface area contributed by atoms with E-state index in [0.717, 1.165) is 33.0 Å². The van der Waals surface area contributed by atoms with Crippen molar-refractivity contribution in [2.45, 2.75) is 51.9 Å². The Balaban J connectivity index is 1.60. The maximum absolute atomic E-state index is 5.07. The van der Waals surface area contributed by atoms with Crippen LogP contribution in [0.3, 0.4) is 0 Å². The molecule has 0 amide bonds. The van der Waals surface area contributed by atoms with Gasteiger partial charge in [0.1, 0.15) is 5.69 Å². The molecule has 0 aliphatic heterocycles. The standard InChI is InChI=1S/C22H24N6S/c1-12-7-18(20-27-28-21(29-20)25-15-10-23-24-11-15)26-19-16(12)8-14(13-5-6-13)9-17(19)22(2,3)4/h7-11,13H,5-6H2,1-4H3,(H,23,24)(H,25,28). The van der Waals surface area contributed by atoms with Crippen molar-refractivity contribution in [3.63, 3.8) is 0 Å². The summed E-state index contributed by atoms with van der Waals surface area (Å²) >= 11 is 1.50. The molecular formula is C22H24N6S. The van der Waals surface area contributed by atoms with Crippen LogP contribution in [0.2, 0.25) is 0 Å². The number of H-pyrrole nitrogens is 1. The second kappa shape index (κ2) is 6.62. The van der Waals surface area contributed by atoms with Crippen LogP contribution >= 0.6 is 11.3 Å². The number of benzene rings is 1. The van der Waals surface area contributed by atoms with Crippen molar-refractivity contribution in [3.05, 3.63) is 47.3 Å². The average molecular weight is 405 g/mol. The minimum atomic E-state index is 0.0241. The molecule has 0 unspecified atom stereocenters. The van der Waals surface area contributed by atoms with Crippen molar-refractivity contribution in [1.82, 2.24) is 25.4 Å². The Morgan fingerprint density at radius 2 is 1.97 bits per heavy atom. The SMILES string of the molecule is Cc1cc(-c2nnc(Nc3cn[nH]c3)s2)nc2c(C(C)(C)C)cc(C3CC3)cc12. The first-order valence-electron chi connectivity index (χ1n) is 9.94. The molecule has 5 rings (SSSR count). The van der Waals surface area contributed by atoms with Crippen LogP contribution in [0.15, 0.2) is 30.6 Å². The molecule has 0 bridgehead atoms. The highest BCUT2D eigenvalue weighted by atomic mass is 32.1. The molecule has 0 saturated heterocycles. The van der Waals surface area contributed by atoms with Crippen molar-refractivity contribution in [1.29, 1.82) is 0 Å². The van der Waals surface area contributed by atoms with Gasteiger partial charge in [-0.15, -0.1) is 10.2 Å². The number of hydrogen-bond acceptors (Lipinski definition) is 6. The van der Waals surface area contributed by atoms with E-state index in [4.69, 9.17) is 4.98 Å². The number of nitrogens with zero attached hydrogens (tertiary/aromatic N) is 4. The zero-order chi connectivity index (χ0) is 20.2. The number of pyridine rings is 1. The molecule has 3 aromatic heterocycles. The Morgan fingerprint density at radius 3 is 2.66 bits per heavy atom. The lowest BCUT2D eigenvalue weighted by molar-refractivity contribution is 0.594. The Morgan fingerprint density at radius 1 is 1.14 bits per heavy atom. The fourth-order valence-corrected chi connectivity index (χ4v) is 4.39. The van der Waals surface area contributed by atoms with Crippen molar-refractivity contribution >= 4 is 33.1 Å². The van der Waals surface area contributed by atoms with Crippen molar-refractivity contribution in [2.75, 3.05) is 5.32 Å². The second-order valence-corrected chi connectivity index (χ2v) is 9.82. The normalized spacial score (nSPS) is 14.5. The van der Waals surface area contributed by atoms with Gasteiger partial charge in [-0.05, 0) is 59.9 Å². The van der Waals surface area contributed by atoms with E-state index in [1.54, 1.807) is 12.4 Å². The second-order valence-electron chi connectivity index (χ2n) is 8.84. The van der Waals surface area contributed by atoms with Crippen LogP contribution in [0.5, 0.6) is 0 Å². The van der Waals surface area contributed by atoms with Gasteiger partial charge >= 0.3 is 0 Å². The van der Waals surface area contributed by atoms with Gasteiger partial charge in [0.25, 0.3) is 0 Å². The van der Waals surface area contributed by atoms with Gasteiger partial charge in [-0.25, -0.2) is 4.98 Å². The monoisotopic (exact) mass is 404 g/mol. The number of aryl methyl sites for hydroxylation is 1. The maximum atomic E-state index is 5.07. The Bertz CT molecular complexity index is 1180. The van der Waals surface area contributed by atoms with E-state index in [0.29, 0.717) is 0 Å². The van der Waals surface area contributed by atoms with Crippen molar-refractivity contribution in [2.24, 2.45) is 0 Å². The number of hydrogen-bond donors (Lipinski definition) is 2. The number of nitrogens with one attached hydrogen (secondary N) is 2. The van der Waals surface area contributed by atoms with Crippen LogP contribution in [0.25, 0.3) is 21.6 Å². The lowest BCUT2D eigenvalue weighted by Gasteiger charge is -2.23. The predicted octanol–water partition coefficient (Wildman–Crippen LogP) is 5.70. The number of fused-ring (bicyclic) bond motifs is 1. The van der Waals surface area contributed by atoms with Gasteiger partial charge in [0.05, 0.1) is 17.4 Å². The summed E-state index contributed by atoms with van der Waals surface area (Å²) in [5, 5.41) is 21.4. The number of aromatic amines is 1. The summed E-state index contributed by atoms with van der Waals surface area (Å²) in [7, 11) is 0. The average Bonchev–Trinajstić information content (AvgIpc) is 3.20. The van der Waals surface area contributed by atoms with E-state index >= 15 is 0 Å². The molecule has 1 aliphatic carbocycles. The molecule has 1 aromatic carbocycles. The van der Waals surface area contributed by atoms with Crippen LogP contribution in [-0.2, 0) is 5.41 Å². The van der Waals surface area contributed by atoms with E-state index in [1.165, 1.54) is 46.3 Å². The zero-order valence-corrected chi connectivity index (χ0v) is 17.9. The third-order valence-electron chi connectivity index (χ3n) is 5.39. The van der Waals surface area contributed by atoms with E-state index in [-0.39, 0.29) is 5.41 Å². The summed E-state index contributed by atoms with van der Waals surface area (Å²) in [6.07, 6.45) is 6.10. The molecule has 0 atom stereocenters. The van der Waals surface area contributed by atoms with Crippen LogP contribution in [0.4, 0.5) is 10.8 Å². The minimum absolute atomic E-state index is 0.0241. The number of anilines is 2. The van der Waals surface area contributed by atoms with Gasteiger partial charge in [-0.2, -0.15) is 5.10 Å². The molecule has 3 heterocycles. The molecule has 6 nitrogen and oxygen atoms in total. The molecular weight excluding hydrogens is 380 g/mol. The van der Waals surface area contributed by atoms with Crippen LogP contribution < -0.4 is 5.32 Å². The third kappa shape index (κ3) is 3.51. The lowest BCUT2D eigenvalue weighted by atomic mass is 9.83. The van der Waals surface area contributed by atoms with Crippen LogP contribution in [-0.4, -0.2) is 25.4 Å². The number of aromatic nitrogens is 5. The summed E-state index contributed by atoms with van der Waals surface area (Å²) in [4.78, 5) is 5.07. The Hall–Kier alpha value is -2.80. The molecule has 148 valence electrons. The summed E-state index contributed by atoms with van der Waals surface area (Å²) in [6.45, 7) is 8.96. The van der Waals surface area contributed by atoms with E-state index in [2.05, 4.69) is 71.6 Å². The third-order valence-corrected chi connectivity index (χ3v) is 6.25. The Labute approximate surface area is 173 Å². The van der Waals surface area contributed by atoms with Crippen molar-refractivity contribution in [3.8, 4) is 10.7 Å².